The van der Waals surface area contributed by atoms with Gasteiger partial charge < -0.3 is 10.3 Å². The normalized spacial score (nSPS) is 16.5. The molecule has 1 aromatic carbocycles. The second-order valence-corrected chi connectivity index (χ2v) is 8.14. The van der Waals surface area contributed by atoms with Gasteiger partial charge in [-0.1, -0.05) is 6.07 Å². The lowest BCUT2D eigenvalue weighted by atomic mass is 10.1. The van der Waals surface area contributed by atoms with Crippen LogP contribution in [0, 0.1) is 12.7 Å². The molecule has 0 bridgehead atoms. The fourth-order valence-electron chi connectivity index (χ4n) is 4.25. The molecule has 0 aliphatic carbocycles. The van der Waals surface area contributed by atoms with Crippen molar-refractivity contribution in [1.29, 1.82) is 0 Å². The Labute approximate surface area is 185 Å². The Morgan fingerprint density at radius 2 is 1.91 bits per heavy atom. The smallest absolute Gasteiger partial charge is 0.220 e. The Morgan fingerprint density at radius 1 is 1.06 bits per heavy atom. The van der Waals surface area contributed by atoms with Gasteiger partial charge in [0.25, 0.3) is 0 Å². The van der Waals surface area contributed by atoms with Crippen LogP contribution in [0.1, 0.15) is 23.7 Å². The van der Waals surface area contributed by atoms with Gasteiger partial charge in [0, 0.05) is 49.3 Å². The largest absolute Gasteiger partial charge is 0.368 e. The first-order valence-corrected chi connectivity index (χ1v) is 10.6. The molecule has 8 heteroatoms. The molecule has 0 amide bonds. The van der Waals surface area contributed by atoms with Gasteiger partial charge in [0.1, 0.15) is 5.82 Å². The van der Waals surface area contributed by atoms with Crippen molar-refractivity contribution >= 4 is 5.95 Å². The highest BCUT2D eigenvalue weighted by molar-refractivity contribution is 5.77. The van der Waals surface area contributed by atoms with Gasteiger partial charge in [-0.3, -0.25) is 9.88 Å². The van der Waals surface area contributed by atoms with Gasteiger partial charge in [0.15, 0.2) is 0 Å². The first-order valence-electron chi connectivity index (χ1n) is 10.6. The van der Waals surface area contributed by atoms with Crippen LogP contribution in [-0.4, -0.2) is 42.5 Å². The zero-order valence-corrected chi connectivity index (χ0v) is 17.8. The number of nitrogen functional groups attached to an aromatic ring is 1. The van der Waals surface area contributed by atoms with E-state index in [-0.39, 0.29) is 17.8 Å². The third-order valence-corrected chi connectivity index (χ3v) is 5.85. The summed E-state index contributed by atoms with van der Waals surface area (Å²) in [7, 11) is 0. The SMILES string of the molecule is Cc1ccc(CN2CCC(n3cnc(-c4ccc(F)cc4)c3-c3ccnc(N)n3)C2)cn1. The van der Waals surface area contributed by atoms with Gasteiger partial charge in [-0.25, -0.2) is 19.3 Å². The van der Waals surface area contributed by atoms with Crippen molar-refractivity contribution in [3.05, 3.63) is 78.3 Å². The van der Waals surface area contributed by atoms with Gasteiger partial charge in [-0.15, -0.1) is 0 Å². The molecule has 1 unspecified atom stereocenters. The quantitative estimate of drug-likeness (QED) is 0.518. The van der Waals surface area contributed by atoms with E-state index in [1.54, 1.807) is 18.3 Å². The molecule has 1 saturated heterocycles. The Hall–Kier alpha value is -3.65. The van der Waals surface area contributed by atoms with Crippen LogP contribution in [0.2, 0.25) is 0 Å². The van der Waals surface area contributed by atoms with Crippen LogP contribution < -0.4 is 5.73 Å². The van der Waals surface area contributed by atoms with Crippen molar-refractivity contribution in [3.8, 4) is 22.6 Å². The van der Waals surface area contributed by atoms with Gasteiger partial charge in [-0.2, -0.15) is 0 Å². The van der Waals surface area contributed by atoms with E-state index < -0.39 is 0 Å². The van der Waals surface area contributed by atoms with Gasteiger partial charge in [0.05, 0.1) is 23.4 Å². The average molecular weight is 430 g/mol. The van der Waals surface area contributed by atoms with Gasteiger partial charge in [0.2, 0.25) is 5.95 Å². The van der Waals surface area contributed by atoms with Crippen molar-refractivity contribution in [2.24, 2.45) is 0 Å². The van der Waals surface area contributed by atoms with Crippen LogP contribution in [-0.2, 0) is 6.54 Å². The number of anilines is 1. The zero-order chi connectivity index (χ0) is 22.1. The number of likely N-dealkylation sites (tertiary alicyclic amines) is 1. The first kappa shape index (κ1) is 20.3. The average Bonchev–Trinajstić information content (AvgIpc) is 3.43. The summed E-state index contributed by atoms with van der Waals surface area (Å²) in [4.78, 5) is 20.0. The number of pyridine rings is 1. The Kier molecular flexibility index (Phi) is 5.36. The minimum atomic E-state index is -0.280. The number of hydrogen-bond acceptors (Lipinski definition) is 6. The van der Waals surface area contributed by atoms with Crippen LogP contribution in [0.5, 0.6) is 0 Å². The predicted molar refractivity (Wildman–Crippen MR) is 121 cm³/mol. The number of aryl methyl sites for hydroxylation is 1. The number of aromatic nitrogens is 5. The Bertz CT molecular complexity index is 1220. The van der Waals surface area contributed by atoms with E-state index in [4.69, 9.17) is 10.7 Å². The van der Waals surface area contributed by atoms with Crippen molar-refractivity contribution in [1.82, 2.24) is 29.4 Å². The fraction of sp³-hybridized carbons (Fsp3) is 0.250. The maximum absolute atomic E-state index is 13.5. The fourth-order valence-corrected chi connectivity index (χ4v) is 4.25. The molecule has 1 fully saturated rings. The molecule has 4 heterocycles. The number of imidazole rings is 1. The predicted octanol–water partition coefficient (Wildman–Crippen LogP) is 3.88. The lowest BCUT2D eigenvalue weighted by molar-refractivity contribution is 0.316. The molecule has 162 valence electrons. The molecule has 1 atom stereocenters. The van der Waals surface area contributed by atoms with E-state index in [0.717, 1.165) is 48.7 Å². The molecule has 32 heavy (non-hydrogen) atoms. The number of nitrogens with zero attached hydrogens (tertiary/aromatic N) is 6. The highest BCUT2D eigenvalue weighted by atomic mass is 19.1. The lowest BCUT2D eigenvalue weighted by Gasteiger charge is -2.19. The first-order chi connectivity index (χ1) is 15.6. The van der Waals surface area contributed by atoms with E-state index >= 15 is 0 Å². The summed E-state index contributed by atoms with van der Waals surface area (Å²) in [6.07, 6.45) is 6.44. The molecule has 1 aliphatic rings. The molecule has 2 N–H and O–H groups in total. The molecule has 0 spiro atoms. The summed E-state index contributed by atoms with van der Waals surface area (Å²) in [6.45, 7) is 4.72. The summed E-state index contributed by atoms with van der Waals surface area (Å²) in [5.74, 6) is -0.0710. The molecule has 5 rings (SSSR count). The minimum Gasteiger partial charge on any atom is -0.368 e. The van der Waals surface area contributed by atoms with E-state index in [9.17, 15) is 4.39 Å². The summed E-state index contributed by atoms with van der Waals surface area (Å²) in [5.41, 5.74) is 11.3. The van der Waals surface area contributed by atoms with Crippen molar-refractivity contribution in [3.63, 3.8) is 0 Å². The molecular weight excluding hydrogens is 405 g/mol. The maximum atomic E-state index is 13.5. The third-order valence-electron chi connectivity index (χ3n) is 5.85. The molecule has 0 radical (unpaired) electrons. The lowest BCUT2D eigenvalue weighted by Crippen LogP contribution is -2.21. The van der Waals surface area contributed by atoms with Gasteiger partial charge in [-0.05, 0) is 55.3 Å². The summed E-state index contributed by atoms with van der Waals surface area (Å²) in [5, 5.41) is 0. The molecule has 1 aliphatic heterocycles. The van der Waals surface area contributed by atoms with Crippen LogP contribution >= 0.6 is 0 Å². The highest BCUT2D eigenvalue weighted by Gasteiger charge is 2.28. The van der Waals surface area contributed by atoms with E-state index in [1.165, 1.54) is 17.7 Å². The van der Waals surface area contributed by atoms with Crippen molar-refractivity contribution in [2.45, 2.75) is 25.9 Å². The highest BCUT2D eigenvalue weighted by Crippen LogP contribution is 2.35. The van der Waals surface area contributed by atoms with Crippen LogP contribution in [0.25, 0.3) is 22.6 Å². The third kappa shape index (κ3) is 4.09. The van der Waals surface area contributed by atoms with Crippen molar-refractivity contribution in [2.75, 3.05) is 18.8 Å². The second kappa shape index (κ2) is 8.47. The molecule has 3 aromatic heterocycles. The standard InChI is InChI=1S/C24H24FN7/c1-16-2-3-17(12-28-16)13-31-11-9-20(14-31)32-15-29-22(18-4-6-19(25)7-5-18)23(32)21-8-10-27-24(26)30-21/h2-8,10,12,15,20H,9,11,13-14H2,1H3,(H2,26,27,30). The van der Waals surface area contributed by atoms with E-state index in [2.05, 4.69) is 30.5 Å². The van der Waals surface area contributed by atoms with Gasteiger partial charge >= 0.3 is 0 Å². The number of nitrogens with two attached hydrogens (primary N) is 1. The molecule has 0 saturated carbocycles. The zero-order valence-electron chi connectivity index (χ0n) is 17.8. The summed E-state index contributed by atoms with van der Waals surface area (Å²) >= 11 is 0. The van der Waals surface area contributed by atoms with Crippen molar-refractivity contribution < 1.29 is 4.39 Å². The number of hydrogen-bond donors (Lipinski definition) is 1. The van der Waals surface area contributed by atoms with E-state index in [1.807, 2.05) is 31.6 Å². The van der Waals surface area contributed by atoms with Crippen LogP contribution in [0.4, 0.5) is 10.3 Å². The summed E-state index contributed by atoms with van der Waals surface area (Å²) in [6, 6.07) is 12.6. The monoisotopic (exact) mass is 429 g/mol. The molecular formula is C24H24FN7. The van der Waals surface area contributed by atoms with Crippen LogP contribution in [0.15, 0.2) is 61.2 Å². The topological polar surface area (TPSA) is 85.8 Å². The maximum Gasteiger partial charge on any atom is 0.220 e. The number of rotatable bonds is 5. The number of halogens is 1. The van der Waals surface area contributed by atoms with E-state index in [0.29, 0.717) is 5.69 Å². The molecule has 4 aromatic rings. The number of benzene rings is 1. The minimum absolute atomic E-state index is 0.209. The van der Waals surface area contributed by atoms with Crippen LogP contribution in [0.3, 0.4) is 0 Å². The second-order valence-electron chi connectivity index (χ2n) is 8.14. The summed E-state index contributed by atoms with van der Waals surface area (Å²) < 4.78 is 15.7. The molecule has 7 nitrogen and oxygen atoms in total. The Morgan fingerprint density at radius 3 is 2.66 bits per heavy atom. The Balaban J connectivity index is 1.47.